The molecule has 0 bridgehead atoms. The summed E-state index contributed by atoms with van der Waals surface area (Å²) in [4.78, 5) is 28.5. The average Bonchev–Trinajstić information content (AvgIpc) is 2.32. The molecule has 1 heterocycles. The van der Waals surface area contributed by atoms with Crippen LogP contribution in [-0.4, -0.2) is 21.0 Å². The molecule has 2 N–H and O–H groups in total. The standard InChI is InChI=1S/C13H12N2O3/c1-8-2-4-9(5-3-8)6-11-14-7-10(13(17)18)12(16)15-11/h2-5,7H,6H2,1H3,(H,17,18)(H,14,15,16). The van der Waals surface area contributed by atoms with Crippen LogP contribution < -0.4 is 5.56 Å². The number of aryl methyl sites for hydroxylation is 1. The maximum Gasteiger partial charge on any atom is 0.342 e. The van der Waals surface area contributed by atoms with Crippen LogP contribution in [0.2, 0.25) is 0 Å². The summed E-state index contributed by atoms with van der Waals surface area (Å²) in [6.45, 7) is 1.99. The van der Waals surface area contributed by atoms with Crippen LogP contribution in [0.4, 0.5) is 0 Å². The Bertz CT molecular complexity index is 629. The molecule has 0 spiro atoms. The lowest BCUT2D eigenvalue weighted by Gasteiger charge is -2.02. The predicted octanol–water partition coefficient (Wildman–Crippen LogP) is 1.37. The van der Waals surface area contributed by atoms with Gasteiger partial charge >= 0.3 is 5.97 Å². The van der Waals surface area contributed by atoms with Gasteiger partial charge in [-0.05, 0) is 12.5 Å². The first kappa shape index (κ1) is 12.0. The van der Waals surface area contributed by atoms with Crippen LogP contribution in [0.5, 0.6) is 0 Å². The molecule has 0 saturated carbocycles. The van der Waals surface area contributed by atoms with E-state index in [1.54, 1.807) is 0 Å². The van der Waals surface area contributed by atoms with Gasteiger partial charge in [-0.15, -0.1) is 0 Å². The molecule has 0 unspecified atom stereocenters. The fourth-order valence-electron chi connectivity index (χ4n) is 1.57. The van der Waals surface area contributed by atoms with Crippen LogP contribution in [-0.2, 0) is 6.42 Å². The Labute approximate surface area is 103 Å². The molecular formula is C13H12N2O3. The molecule has 0 fully saturated rings. The fourth-order valence-corrected chi connectivity index (χ4v) is 1.57. The number of hydrogen-bond donors (Lipinski definition) is 2. The summed E-state index contributed by atoms with van der Waals surface area (Å²) in [5, 5.41) is 8.72. The van der Waals surface area contributed by atoms with Gasteiger partial charge in [0.1, 0.15) is 11.4 Å². The van der Waals surface area contributed by atoms with Gasteiger partial charge in [0.2, 0.25) is 0 Å². The smallest absolute Gasteiger partial charge is 0.342 e. The molecule has 0 saturated heterocycles. The van der Waals surface area contributed by atoms with Crippen LogP contribution in [0.3, 0.4) is 0 Å². The number of carboxylic acid groups (broad SMARTS) is 1. The van der Waals surface area contributed by atoms with Gasteiger partial charge in [-0.2, -0.15) is 0 Å². The summed E-state index contributed by atoms with van der Waals surface area (Å²) in [5.41, 5.74) is 1.19. The quantitative estimate of drug-likeness (QED) is 0.854. The number of aromatic nitrogens is 2. The molecule has 0 aliphatic rings. The van der Waals surface area contributed by atoms with Crippen molar-refractivity contribution < 1.29 is 9.90 Å². The number of H-pyrrole nitrogens is 1. The highest BCUT2D eigenvalue weighted by Gasteiger charge is 2.09. The van der Waals surface area contributed by atoms with Crippen molar-refractivity contribution in [3.05, 3.63) is 63.3 Å². The number of benzene rings is 1. The summed E-state index contributed by atoms with van der Waals surface area (Å²) in [6.07, 6.45) is 1.56. The summed E-state index contributed by atoms with van der Waals surface area (Å²) in [7, 11) is 0. The molecule has 1 aromatic heterocycles. The molecular weight excluding hydrogens is 232 g/mol. The van der Waals surface area contributed by atoms with E-state index in [1.807, 2.05) is 31.2 Å². The minimum atomic E-state index is -1.27. The monoisotopic (exact) mass is 244 g/mol. The first-order valence-corrected chi connectivity index (χ1v) is 5.43. The van der Waals surface area contributed by atoms with Crippen molar-refractivity contribution in [3.8, 4) is 0 Å². The lowest BCUT2D eigenvalue weighted by molar-refractivity contribution is 0.0694. The second-order valence-corrected chi connectivity index (χ2v) is 4.04. The Hall–Kier alpha value is -2.43. The van der Waals surface area contributed by atoms with Gasteiger partial charge < -0.3 is 10.1 Å². The number of carboxylic acids is 1. The van der Waals surface area contributed by atoms with Crippen LogP contribution in [0.1, 0.15) is 27.3 Å². The normalized spacial score (nSPS) is 10.3. The van der Waals surface area contributed by atoms with E-state index in [1.165, 1.54) is 0 Å². The Morgan fingerprint density at radius 2 is 2.00 bits per heavy atom. The number of aromatic amines is 1. The summed E-state index contributed by atoms with van der Waals surface area (Å²) >= 11 is 0. The Balaban J connectivity index is 2.25. The molecule has 5 nitrogen and oxygen atoms in total. The van der Waals surface area contributed by atoms with Crippen LogP contribution in [0, 0.1) is 6.92 Å². The van der Waals surface area contributed by atoms with Crippen molar-refractivity contribution >= 4 is 5.97 Å². The highest BCUT2D eigenvalue weighted by atomic mass is 16.4. The lowest BCUT2D eigenvalue weighted by Crippen LogP contribution is -2.20. The van der Waals surface area contributed by atoms with E-state index in [0.717, 1.165) is 17.3 Å². The summed E-state index contributed by atoms with van der Waals surface area (Å²) < 4.78 is 0. The zero-order valence-electron chi connectivity index (χ0n) is 9.80. The Morgan fingerprint density at radius 3 is 2.56 bits per heavy atom. The van der Waals surface area contributed by atoms with E-state index in [0.29, 0.717) is 12.2 Å². The van der Waals surface area contributed by atoms with E-state index in [-0.39, 0.29) is 5.56 Å². The topological polar surface area (TPSA) is 83.0 Å². The molecule has 0 aliphatic heterocycles. The van der Waals surface area contributed by atoms with E-state index >= 15 is 0 Å². The van der Waals surface area contributed by atoms with Crippen LogP contribution in [0.15, 0.2) is 35.3 Å². The molecule has 1 aromatic carbocycles. The van der Waals surface area contributed by atoms with Gasteiger partial charge in [0.25, 0.3) is 5.56 Å². The first-order valence-electron chi connectivity index (χ1n) is 5.43. The molecule has 2 aromatic rings. The van der Waals surface area contributed by atoms with Crippen molar-refractivity contribution in [1.82, 2.24) is 9.97 Å². The largest absolute Gasteiger partial charge is 0.477 e. The van der Waals surface area contributed by atoms with E-state index in [2.05, 4.69) is 9.97 Å². The van der Waals surface area contributed by atoms with E-state index < -0.39 is 11.5 Å². The highest BCUT2D eigenvalue weighted by Crippen LogP contribution is 2.06. The maximum atomic E-state index is 11.4. The number of nitrogens with one attached hydrogen (secondary N) is 1. The van der Waals surface area contributed by atoms with E-state index in [4.69, 9.17) is 5.11 Å². The molecule has 0 amide bonds. The van der Waals surface area contributed by atoms with Gasteiger partial charge in [-0.1, -0.05) is 29.8 Å². The molecule has 92 valence electrons. The van der Waals surface area contributed by atoms with Crippen molar-refractivity contribution in [2.24, 2.45) is 0 Å². The summed E-state index contributed by atoms with van der Waals surface area (Å²) in [5.74, 6) is -0.820. The van der Waals surface area contributed by atoms with Crippen LogP contribution >= 0.6 is 0 Å². The van der Waals surface area contributed by atoms with Gasteiger partial charge in [-0.3, -0.25) is 4.79 Å². The zero-order valence-corrected chi connectivity index (χ0v) is 9.80. The fraction of sp³-hybridized carbons (Fsp3) is 0.154. The molecule has 0 atom stereocenters. The van der Waals surface area contributed by atoms with Crippen molar-refractivity contribution in [3.63, 3.8) is 0 Å². The Kier molecular flexibility index (Phi) is 3.23. The number of hydrogen-bond acceptors (Lipinski definition) is 3. The van der Waals surface area contributed by atoms with Gasteiger partial charge in [0, 0.05) is 12.6 Å². The Morgan fingerprint density at radius 1 is 1.33 bits per heavy atom. The van der Waals surface area contributed by atoms with Crippen LogP contribution in [0.25, 0.3) is 0 Å². The van der Waals surface area contributed by atoms with Crippen molar-refractivity contribution in [1.29, 1.82) is 0 Å². The second-order valence-electron chi connectivity index (χ2n) is 4.04. The second kappa shape index (κ2) is 4.83. The van der Waals surface area contributed by atoms with E-state index in [9.17, 15) is 9.59 Å². The number of carbonyl (C=O) groups is 1. The number of aromatic carboxylic acids is 1. The van der Waals surface area contributed by atoms with Gasteiger partial charge in [-0.25, -0.2) is 9.78 Å². The molecule has 2 rings (SSSR count). The number of rotatable bonds is 3. The SMILES string of the molecule is Cc1ccc(Cc2ncc(C(=O)O)c(=O)[nH]2)cc1. The van der Waals surface area contributed by atoms with Crippen molar-refractivity contribution in [2.75, 3.05) is 0 Å². The third kappa shape index (κ3) is 2.63. The first-order chi connectivity index (χ1) is 8.56. The maximum absolute atomic E-state index is 11.4. The minimum absolute atomic E-state index is 0.345. The minimum Gasteiger partial charge on any atom is -0.477 e. The predicted molar refractivity (Wildman–Crippen MR) is 65.8 cm³/mol. The third-order valence-corrected chi connectivity index (χ3v) is 2.57. The summed E-state index contributed by atoms with van der Waals surface area (Å²) in [6, 6.07) is 7.83. The molecule has 0 aliphatic carbocycles. The highest BCUT2D eigenvalue weighted by molar-refractivity contribution is 5.86. The molecule has 5 heteroatoms. The van der Waals surface area contributed by atoms with Gasteiger partial charge in [0.05, 0.1) is 0 Å². The lowest BCUT2D eigenvalue weighted by atomic mass is 10.1. The zero-order chi connectivity index (χ0) is 13.1. The van der Waals surface area contributed by atoms with Crippen molar-refractivity contribution in [2.45, 2.75) is 13.3 Å². The molecule has 18 heavy (non-hydrogen) atoms. The molecule has 0 radical (unpaired) electrons. The average molecular weight is 244 g/mol. The van der Waals surface area contributed by atoms with Gasteiger partial charge in [0.15, 0.2) is 0 Å². The third-order valence-electron chi connectivity index (χ3n) is 2.57. The number of nitrogens with zero attached hydrogens (tertiary/aromatic N) is 1.